The SMILES string of the molecule is O=C1n2cc(-c3ccc(N([O-])P)cc3)nc2C=CCC12CC2C[C@H]1CO[C@@H](CO)O1. The molecule has 1 N–H and O–H groups in total. The van der Waals surface area contributed by atoms with Crippen LogP contribution in [0.25, 0.3) is 17.3 Å². The highest BCUT2D eigenvalue weighted by atomic mass is 31.0. The maximum Gasteiger partial charge on any atom is 0.239 e. The van der Waals surface area contributed by atoms with Crippen LogP contribution in [-0.2, 0) is 9.47 Å². The van der Waals surface area contributed by atoms with Crippen LogP contribution in [0, 0.1) is 16.5 Å². The second kappa shape index (κ2) is 7.55. The summed E-state index contributed by atoms with van der Waals surface area (Å²) in [5, 5.41) is 20.5. The first-order valence-electron chi connectivity index (χ1n) is 10.0. The fourth-order valence-corrected chi connectivity index (χ4v) is 4.71. The molecule has 2 aliphatic heterocycles. The molecule has 30 heavy (non-hydrogen) atoms. The highest BCUT2D eigenvalue weighted by molar-refractivity contribution is 7.19. The monoisotopic (exact) mass is 428 g/mol. The summed E-state index contributed by atoms with van der Waals surface area (Å²) in [5.41, 5.74) is 1.65. The topological polar surface area (TPSA) is 99.9 Å². The smallest absolute Gasteiger partial charge is 0.239 e. The minimum absolute atomic E-state index is 0.0659. The lowest BCUT2D eigenvalue weighted by Gasteiger charge is -2.24. The largest absolute Gasteiger partial charge is 0.755 e. The van der Waals surface area contributed by atoms with E-state index >= 15 is 0 Å². The predicted octanol–water partition coefficient (Wildman–Crippen LogP) is 2.83. The van der Waals surface area contributed by atoms with Gasteiger partial charge in [0.25, 0.3) is 0 Å². The van der Waals surface area contributed by atoms with Crippen molar-refractivity contribution in [2.24, 2.45) is 11.3 Å². The van der Waals surface area contributed by atoms with Gasteiger partial charge in [-0.05, 0) is 43.4 Å². The molecule has 2 fully saturated rings. The Morgan fingerprint density at radius 1 is 1.37 bits per heavy atom. The van der Waals surface area contributed by atoms with Crippen LogP contribution in [0.3, 0.4) is 0 Å². The highest BCUT2D eigenvalue weighted by Gasteiger charge is 2.60. The highest BCUT2D eigenvalue weighted by Crippen LogP contribution is 2.60. The third kappa shape index (κ3) is 3.39. The molecule has 1 aromatic heterocycles. The minimum Gasteiger partial charge on any atom is -0.755 e. The van der Waals surface area contributed by atoms with E-state index in [2.05, 4.69) is 14.4 Å². The van der Waals surface area contributed by atoms with Crippen molar-refractivity contribution in [3.05, 3.63) is 47.6 Å². The Morgan fingerprint density at radius 3 is 2.87 bits per heavy atom. The van der Waals surface area contributed by atoms with Crippen LogP contribution in [0.5, 0.6) is 0 Å². The zero-order chi connectivity index (χ0) is 20.9. The van der Waals surface area contributed by atoms with Crippen molar-refractivity contribution in [2.75, 3.05) is 18.0 Å². The molecule has 1 aliphatic carbocycles. The Balaban J connectivity index is 1.35. The number of aromatic nitrogens is 2. The normalized spacial score (nSPS) is 29.8. The zero-order valence-corrected chi connectivity index (χ0v) is 17.5. The average Bonchev–Trinajstić information content (AvgIpc) is 3.10. The standard InChI is InChI=1S/C21H23N3O5P/c25-11-19-28-12-16(29-19)8-14-9-21(14)7-1-2-18-22-17(10-23(18)20(21)26)13-3-5-15(6-4-13)24(27)30/h1-6,10,14,16,19,25H,7-9,11-12,30H2/q-1/t14?,16-,19+,21?/m0/s1. The van der Waals surface area contributed by atoms with E-state index in [1.165, 1.54) is 0 Å². The third-order valence-corrected chi connectivity index (χ3v) is 6.58. The lowest BCUT2D eigenvalue weighted by Crippen LogP contribution is -2.25. The summed E-state index contributed by atoms with van der Waals surface area (Å²) in [6, 6.07) is 7.09. The number of nitrogens with zero attached hydrogens (tertiary/aromatic N) is 3. The summed E-state index contributed by atoms with van der Waals surface area (Å²) in [4.78, 5) is 18.8. The molecule has 3 aliphatic rings. The van der Waals surface area contributed by atoms with Gasteiger partial charge in [0.1, 0.15) is 5.82 Å². The van der Waals surface area contributed by atoms with Crippen LogP contribution in [0.1, 0.15) is 29.9 Å². The fourth-order valence-electron chi connectivity index (χ4n) is 4.54. The first-order chi connectivity index (χ1) is 14.5. The molecule has 0 radical (unpaired) electrons. The number of aliphatic hydroxyl groups excluding tert-OH is 1. The molecule has 8 nitrogen and oxygen atoms in total. The summed E-state index contributed by atoms with van der Waals surface area (Å²) in [6.07, 6.45) is 7.33. The van der Waals surface area contributed by atoms with E-state index in [0.717, 1.165) is 23.2 Å². The maximum absolute atomic E-state index is 13.4. The Bertz CT molecular complexity index is 989. The van der Waals surface area contributed by atoms with E-state index in [1.54, 1.807) is 22.9 Å². The molecular weight excluding hydrogens is 405 g/mol. The number of carbonyl (C=O) groups excluding carboxylic acids is 1. The van der Waals surface area contributed by atoms with Gasteiger partial charge in [0.2, 0.25) is 5.91 Å². The van der Waals surface area contributed by atoms with Gasteiger partial charge in [-0.25, -0.2) is 4.98 Å². The Hall–Kier alpha value is -2.09. The molecule has 1 saturated carbocycles. The Kier molecular flexibility index (Phi) is 5.00. The number of aliphatic hydroxyl groups is 1. The number of fused-ring (bicyclic) bond motifs is 1. The van der Waals surface area contributed by atoms with Crippen molar-refractivity contribution in [1.82, 2.24) is 9.55 Å². The molecule has 5 atom stereocenters. The fraction of sp³-hybridized carbons (Fsp3) is 0.429. The molecule has 3 heterocycles. The van der Waals surface area contributed by atoms with Gasteiger partial charge in [-0.3, -0.25) is 9.36 Å². The van der Waals surface area contributed by atoms with Gasteiger partial charge >= 0.3 is 0 Å². The van der Waals surface area contributed by atoms with E-state index in [4.69, 9.17) is 14.6 Å². The van der Waals surface area contributed by atoms with Crippen LogP contribution < -0.4 is 4.83 Å². The first kappa shape index (κ1) is 19.8. The van der Waals surface area contributed by atoms with Gasteiger partial charge in [-0.15, -0.1) is 0 Å². The average molecular weight is 428 g/mol. The van der Waals surface area contributed by atoms with E-state index < -0.39 is 11.7 Å². The summed E-state index contributed by atoms with van der Waals surface area (Å²) < 4.78 is 12.7. The van der Waals surface area contributed by atoms with E-state index in [-0.39, 0.29) is 24.5 Å². The molecule has 1 aromatic carbocycles. The van der Waals surface area contributed by atoms with E-state index in [1.807, 2.05) is 24.3 Å². The molecule has 5 rings (SSSR count). The van der Waals surface area contributed by atoms with Crippen molar-refractivity contribution in [3.63, 3.8) is 0 Å². The zero-order valence-electron chi connectivity index (χ0n) is 16.3. The first-order valence-corrected chi connectivity index (χ1v) is 10.5. The van der Waals surface area contributed by atoms with Crippen molar-refractivity contribution in [1.29, 1.82) is 0 Å². The molecule has 2 aromatic rings. The van der Waals surface area contributed by atoms with Crippen LogP contribution >= 0.6 is 9.39 Å². The second-order valence-corrected chi connectivity index (χ2v) is 8.60. The van der Waals surface area contributed by atoms with E-state index in [9.17, 15) is 10.0 Å². The van der Waals surface area contributed by atoms with Crippen LogP contribution in [-0.4, -0.2) is 46.2 Å². The number of carbonyl (C=O) groups is 1. The van der Waals surface area contributed by atoms with Crippen LogP contribution in [0.4, 0.5) is 5.69 Å². The van der Waals surface area contributed by atoms with Gasteiger partial charge in [0.15, 0.2) is 6.29 Å². The molecule has 1 spiro atoms. The third-order valence-electron chi connectivity index (χ3n) is 6.29. The van der Waals surface area contributed by atoms with Crippen molar-refractivity contribution >= 4 is 27.1 Å². The van der Waals surface area contributed by atoms with Crippen LogP contribution in [0.15, 0.2) is 36.5 Å². The summed E-state index contributed by atoms with van der Waals surface area (Å²) in [7, 11) is 2.08. The number of rotatable bonds is 5. The molecule has 9 heteroatoms. The molecule has 0 amide bonds. The number of anilines is 1. The van der Waals surface area contributed by atoms with Gasteiger partial charge < -0.3 is 24.6 Å². The lowest BCUT2D eigenvalue weighted by molar-refractivity contribution is -0.0891. The Morgan fingerprint density at radius 2 is 2.17 bits per heavy atom. The quantitative estimate of drug-likeness (QED) is 0.577. The lowest BCUT2D eigenvalue weighted by atomic mass is 9.95. The summed E-state index contributed by atoms with van der Waals surface area (Å²) >= 11 is 0. The number of ether oxygens (including phenoxy) is 2. The number of benzene rings is 1. The molecular formula is C21H23N3O5P-. The maximum atomic E-state index is 13.4. The second-order valence-electron chi connectivity index (χ2n) is 8.14. The predicted molar refractivity (Wildman–Crippen MR) is 114 cm³/mol. The van der Waals surface area contributed by atoms with Crippen molar-refractivity contribution in [2.45, 2.75) is 31.7 Å². The van der Waals surface area contributed by atoms with Crippen molar-refractivity contribution in [3.8, 4) is 11.3 Å². The Labute approximate surface area is 176 Å². The summed E-state index contributed by atoms with van der Waals surface area (Å²) in [6.45, 7) is 0.301. The number of imidazole rings is 1. The number of allylic oxidation sites excluding steroid dienone is 1. The van der Waals surface area contributed by atoms with Gasteiger partial charge in [0, 0.05) is 17.4 Å². The molecule has 0 bridgehead atoms. The van der Waals surface area contributed by atoms with Gasteiger partial charge in [-0.1, -0.05) is 27.6 Å². The molecule has 1 saturated heterocycles. The number of hydrogen-bond acceptors (Lipinski definition) is 7. The van der Waals surface area contributed by atoms with Crippen molar-refractivity contribution < 1.29 is 19.4 Å². The number of hydrogen-bond donors (Lipinski definition) is 1. The summed E-state index contributed by atoms with van der Waals surface area (Å²) in [5.74, 6) is 0.914. The molecule has 158 valence electrons. The van der Waals surface area contributed by atoms with E-state index in [0.29, 0.717) is 30.2 Å². The molecule has 3 unspecified atom stereocenters. The minimum atomic E-state index is -0.552. The van der Waals surface area contributed by atoms with Gasteiger partial charge in [-0.2, -0.15) is 0 Å². The van der Waals surface area contributed by atoms with Crippen LogP contribution in [0.2, 0.25) is 0 Å². The van der Waals surface area contributed by atoms with Gasteiger partial charge in [0.05, 0.1) is 30.4 Å².